The highest BCUT2D eigenvalue weighted by atomic mass is 19.4. The molecule has 21 heavy (non-hydrogen) atoms. The van der Waals surface area contributed by atoms with Gasteiger partial charge in [-0.25, -0.2) is 0 Å². The predicted molar refractivity (Wildman–Crippen MR) is 73.7 cm³/mol. The highest BCUT2D eigenvalue weighted by Crippen LogP contribution is 2.37. The van der Waals surface area contributed by atoms with Gasteiger partial charge in [-0.1, -0.05) is 50.2 Å². The van der Waals surface area contributed by atoms with Crippen molar-refractivity contribution in [2.24, 2.45) is 5.92 Å². The van der Waals surface area contributed by atoms with E-state index in [0.717, 1.165) is 5.39 Å². The van der Waals surface area contributed by atoms with Crippen molar-refractivity contribution in [2.75, 3.05) is 0 Å². The Morgan fingerprint density at radius 3 is 2.24 bits per heavy atom. The molecule has 0 saturated carbocycles. The van der Waals surface area contributed by atoms with Crippen LogP contribution in [0.25, 0.3) is 10.8 Å². The first-order valence-corrected chi connectivity index (χ1v) is 6.55. The first kappa shape index (κ1) is 15.4. The summed E-state index contributed by atoms with van der Waals surface area (Å²) >= 11 is 0. The molecule has 0 aromatic heterocycles. The molecule has 0 spiro atoms. The molecular formula is C16H15F3O2. The fourth-order valence-corrected chi connectivity index (χ4v) is 1.95. The van der Waals surface area contributed by atoms with Gasteiger partial charge in [-0.2, -0.15) is 13.2 Å². The van der Waals surface area contributed by atoms with Gasteiger partial charge in [0, 0.05) is 5.56 Å². The van der Waals surface area contributed by atoms with Crippen LogP contribution in [-0.4, -0.2) is 12.1 Å². The van der Waals surface area contributed by atoms with Gasteiger partial charge in [-0.3, -0.25) is 4.79 Å². The van der Waals surface area contributed by atoms with Crippen LogP contribution in [0.3, 0.4) is 0 Å². The molecule has 1 atom stereocenters. The maximum Gasteiger partial charge on any atom is 0.429 e. The zero-order valence-electron chi connectivity index (χ0n) is 11.6. The standard InChI is InChI=1S/C16H15F3O2/c1-10(2)15(20)21-14(16(17,18)19)13-8-7-11-5-3-4-6-12(11)9-13/h3-10,14H,1-2H3/t14-/m0/s1. The molecule has 0 aliphatic carbocycles. The Bertz CT molecular complexity index is 647. The van der Waals surface area contributed by atoms with E-state index in [2.05, 4.69) is 4.74 Å². The van der Waals surface area contributed by atoms with Gasteiger partial charge in [0.05, 0.1) is 5.92 Å². The number of benzene rings is 2. The summed E-state index contributed by atoms with van der Waals surface area (Å²) in [6.07, 6.45) is -6.88. The van der Waals surface area contributed by atoms with E-state index >= 15 is 0 Å². The van der Waals surface area contributed by atoms with Crippen molar-refractivity contribution >= 4 is 16.7 Å². The number of carbonyl (C=O) groups excluding carboxylic acids is 1. The lowest BCUT2D eigenvalue weighted by molar-refractivity contribution is -0.225. The van der Waals surface area contributed by atoms with E-state index < -0.39 is 24.2 Å². The summed E-state index contributed by atoms with van der Waals surface area (Å²) in [6.45, 7) is 2.99. The summed E-state index contributed by atoms with van der Waals surface area (Å²) < 4.78 is 44.1. The van der Waals surface area contributed by atoms with Crippen molar-refractivity contribution in [3.8, 4) is 0 Å². The Morgan fingerprint density at radius 1 is 1.05 bits per heavy atom. The van der Waals surface area contributed by atoms with E-state index in [-0.39, 0.29) is 5.56 Å². The lowest BCUT2D eigenvalue weighted by Crippen LogP contribution is -2.27. The summed E-state index contributed by atoms with van der Waals surface area (Å²) in [6, 6.07) is 11.4. The topological polar surface area (TPSA) is 26.3 Å². The second kappa shape index (κ2) is 5.76. The van der Waals surface area contributed by atoms with E-state index in [0.29, 0.717) is 5.39 Å². The van der Waals surface area contributed by atoms with Crippen molar-refractivity contribution in [3.05, 3.63) is 48.0 Å². The maximum atomic E-state index is 13.2. The third-order valence-corrected chi connectivity index (χ3v) is 3.08. The molecule has 0 N–H and O–H groups in total. The number of carbonyl (C=O) groups is 1. The van der Waals surface area contributed by atoms with Crippen LogP contribution in [0.4, 0.5) is 13.2 Å². The van der Waals surface area contributed by atoms with Gasteiger partial charge in [-0.05, 0) is 16.8 Å². The Morgan fingerprint density at radius 2 is 1.67 bits per heavy atom. The van der Waals surface area contributed by atoms with Gasteiger partial charge < -0.3 is 4.74 Å². The van der Waals surface area contributed by atoms with Crippen LogP contribution in [-0.2, 0) is 9.53 Å². The number of rotatable bonds is 3. The quantitative estimate of drug-likeness (QED) is 0.771. The lowest BCUT2D eigenvalue weighted by atomic mass is 10.0. The normalized spacial score (nSPS) is 13.4. The van der Waals surface area contributed by atoms with E-state index in [1.807, 2.05) is 12.1 Å². The lowest BCUT2D eigenvalue weighted by Gasteiger charge is -2.22. The van der Waals surface area contributed by atoms with E-state index in [1.165, 1.54) is 26.0 Å². The highest BCUT2D eigenvalue weighted by molar-refractivity contribution is 5.83. The summed E-state index contributed by atoms with van der Waals surface area (Å²) in [5.41, 5.74) is -0.0739. The van der Waals surface area contributed by atoms with Gasteiger partial charge >= 0.3 is 12.1 Å². The molecule has 112 valence electrons. The predicted octanol–water partition coefficient (Wildman–Crippen LogP) is 4.64. The number of fused-ring (bicyclic) bond motifs is 1. The number of hydrogen-bond donors (Lipinski definition) is 0. The minimum absolute atomic E-state index is 0.0739. The summed E-state index contributed by atoms with van der Waals surface area (Å²) in [7, 11) is 0. The zero-order chi connectivity index (χ0) is 15.6. The molecule has 0 fully saturated rings. The fourth-order valence-electron chi connectivity index (χ4n) is 1.95. The third kappa shape index (κ3) is 3.54. The smallest absolute Gasteiger partial charge is 0.429 e. The summed E-state index contributed by atoms with van der Waals surface area (Å²) in [4.78, 5) is 11.5. The van der Waals surface area contributed by atoms with Gasteiger partial charge in [-0.15, -0.1) is 0 Å². The Balaban J connectivity index is 2.41. The molecule has 0 heterocycles. The average molecular weight is 296 g/mol. The number of halogens is 3. The van der Waals surface area contributed by atoms with Crippen LogP contribution in [0.15, 0.2) is 42.5 Å². The maximum absolute atomic E-state index is 13.2. The number of esters is 1. The minimum Gasteiger partial charge on any atom is -0.448 e. The van der Waals surface area contributed by atoms with Crippen LogP contribution in [0.5, 0.6) is 0 Å². The molecule has 0 saturated heterocycles. The largest absolute Gasteiger partial charge is 0.448 e. The summed E-state index contributed by atoms with van der Waals surface area (Å²) in [5, 5.41) is 1.50. The molecule has 0 aliphatic heterocycles. The van der Waals surface area contributed by atoms with Gasteiger partial charge in [0.1, 0.15) is 0 Å². The minimum atomic E-state index is -4.65. The van der Waals surface area contributed by atoms with Gasteiger partial charge in [0.25, 0.3) is 0 Å². The molecule has 0 unspecified atom stereocenters. The number of hydrogen-bond acceptors (Lipinski definition) is 2. The molecule has 2 nitrogen and oxygen atoms in total. The second-order valence-electron chi connectivity index (χ2n) is 5.12. The first-order chi connectivity index (χ1) is 9.79. The molecule has 0 aliphatic rings. The molecule has 5 heteroatoms. The number of ether oxygens (including phenoxy) is 1. The molecule has 0 bridgehead atoms. The molecule has 2 rings (SSSR count). The average Bonchev–Trinajstić information content (AvgIpc) is 2.42. The van der Waals surface area contributed by atoms with Crippen LogP contribution in [0.1, 0.15) is 25.5 Å². The molecule has 2 aromatic carbocycles. The van der Waals surface area contributed by atoms with Crippen LogP contribution >= 0.6 is 0 Å². The Kier molecular flexibility index (Phi) is 4.21. The van der Waals surface area contributed by atoms with Gasteiger partial charge in [0.15, 0.2) is 0 Å². The van der Waals surface area contributed by atoms with Crippen LogP contribution in [0, 0.1) is 5.92 Å². The third-order valence-electron chi connectivity index (χ3n) is 3.08. The SMILES string of the molecule is CC(C)C(=O)O[C@@H](c1ccc2ccccc2c1)C(F)(F)F. The van der Waals surface area contributed by atoms with Crippen molar-refractivity contribution < 1.29 is 22.7 Å². The van der Waals surface area contributed by atoms with Crippen LogP contribution < -0.4 is 0 Å². The highest BCUT2D eigenvalue weighted by Gasteiger charge is 2.44. The van der Waals surface area contributed by atoms with Crippen molar-refractivity contribution in [1.82, 2.24) is 0 Å². The zero-order valence-corrected chi connectivity index (χ0v) is 11.6. The Hall–Kier alpha value is -2.04. The van der Waals surface area contributed by atoms with Crippen molar-refractivity contribution in [2.45, 2.75) is 26.1 Å². The monoisotopic (exact) mass is 296 g/mol. The summed E-state index contributed by atoms with van der Waals surface area (Å²) in [5.74, 6) is -1.49. The van der Waals surface area contributed by atoms with E-state index in [4.69, 9.17) is 0 Å². The second-order valence-corrected chi connectivity index (χ2v) is 5.12. The van der Waals surface area contributed by atoms with Gasteiger partial charge in [0.2, 0.25) is 6.10 Å². The van der Waals surface area contributed by atoms with E-state index in [1.54, 1.807) is 18.2 Å². The molecule has 2 aromatic rings. The first-order valence-electron chi connectivity index (χ1n) is 6.55. The molecule has 0 amide bonds. The van der Waals surface area contributed by atoms with Crippen molar-refractivity contribution in [1.29, 1.82) is 0 Å². The van der Waals surface area contributed by atoms with Crippen LogP contribution in [0.2, 0.25) is 0 Å². The number of alkyl halides is 3. The van der Waals surface area contributed by atoms with E-state index in [9.17, 15) is 18.0 Å². The molecule has 0 radical (unpaired) electrons. The Labute approximate surface area is 120 Å². The van der Waals surface area contributed by atoms with Crippen molar-refractivity contribution in [3.63, 3.8) is 0 Å². The fraction of sp³-hybridized carbons (Fsp3) is 0.312. The molecular weight excluding hydrogens is 281 g/mol.